The van der Waals surface area contributed by atoms with E-state index in [9.17, 15) is 5.11 Å². The number of aliphatic hydroxyl groups excluding tert-OH is 1. The van der Waals surface area contributed by atoms with Crippen LogP contribution in [0.5, 0.6) is 5.75 Å². The summed E-state index contributed by atoms with van der Waals surface area (Å²) in [5, 5.41) is 19.6. The molecule has 114 valence electrons. The highest BCUT2D eigenvalue weighted by Crippen LogP contribution is 2.27. The molecule has 0 saturated carbocycles. The lowest BCUT2D eigenvalue weighted by Gasteiger charge is -2.08. The molecule has 6 heteroatoms. The maximum Gasteiger partial charge on any atom is 0.119 e. The molecule has 0 bridgehead atoms. The predicted molar refractivity (Wildman–Crippen MR) is 85.8 cm³/mol. The molecule has 0 aliphatic heterocycles. The number of para-hydroxylation sites is 1. The molecule has 22 heavy (non-hydrogen) atoms. The van der Waals surface area contributed by atoms with Crippen LogP contribution in [0.15, 0.2) is 47.8 Å². The van der Waals surface area contributed by atoms with E-state index < -0.39 is 0 Å². The normalized spacial score (nSPS) is 10.8. The van der Waals surface area contributed by atoms with Crippen molar-refractivity contribution >= 4 is 11.3 Å². The Bertz CT molecular complexity index is 696. The summed E-state index contributed by atoms with van der Waals surface area (Å²) in [6.45, 7) is 1.21. The van der Waals surface area contributed by atoms with E-state index in [1.165, 1.54) is 0 Å². The molecule has 0 aliphatic carbocycles. The van der Waals surface area contributed by atoms with E-state index in [2.05, 4.69) is 10.3 Å². The Balaban J connectivity index is 1.62. The van der Waals surface area contributed by atoms with Crippen LogP contribution in [0.1, 0.15) is 12.1 Å². The Labute approximate surface area is 132 Å². The van der Waals surface area contributed by atoms with Gasteiger partial charge in [0.25, 0.3) is 0 Å². The average Bonchev–Trinajstić information content (AvgIpc) is 3.21. The van der Waals surface area contributed by atoms with Gasteiger partial charge in [0.05, 0.1) is 18.1 Å². The van der Waals surface area contributed by atoms with Gasteiger partial charge in [-0.3, -0.25) is 0 Å². The van der Waals surface area contributed by atoms with E-state index in [0.29, 0.717) is 18.8 Å². The second-order valence-corrected chi connectivity index (χ2v) is 5.71. The van der Waals surface area contributed by atoms with Crippen LogP contribution in [0.3, 0.4) is 0 Å². The number of aliphatic hydroxyl groups is 1. The second kappa shape index (κ2) is 7.20. The molecule has 0 unspecified atom stereocenters. The van der Waals surface area contributed by atoms with Crippen molar-refractivity contribution < 1.29 is 9.84 Å². The van der Waals surface area contributed by atoms with E-state index >= 15 is 0 Å². The van der Waals surface area contributed by atoms with Gasteiger partial charge in [0, 0.05) is 13.0 Å². The zero-order valence-corrected chi connectivity index (χ0v) is 12.9. The molecule has 1 N–H and O–H groups in total. The average molecular weight is 315 g/mol. The minimum Gasteiger partial charge on any atom is -0.494 e. The summed E-state index contributed by atoms with van der Waals surface area (Å²) in [4.78, 5) is 1.07. The van der Waals surface area contributed by atoms with Crippen LogP contribution in [-0.4, -0.2) is 26.7 Å². The van der Waals surface area contributed by atoms with Crippen molar-refractivity contribution in [1.82, 2.24) is 15.0 Å². The number of hydrogen-bond donors (Lipinski definition) is 1. The fourth-order valence-electron chi connectivity index (χ4n) is 2.22. The van der Waals surface area contributed by atoms with E-state index in [-0.39, 0.29) is 6.61 Å². The second-order valence-electron chi connectivity index (χ2n) is 4.76. The molecule has 3 rings (SSSR count). The predicted octanol–water partition coefficient (Wildman–Crippen LogP) is 2.97. The van der Waals surface area contributed by atoms with Crippen LogP contribution in [0.4, 0.5) is 0 Å². The number of thiophene rings is 1. The minimum absolute atomic E-state index is 0.103. The van der Waals surface area contributed by atoms with Crippen molar-refractivity contribution in [3.05, 3.63) is 53.5 Å². The number of hydrogen-bond acceptors (Lipinski definition) is 5. The van der Waals surface area contributed by atoms with Gasteiger partial charge in [-0.1, -0.05) is 29.5 Å². The van der Waals surface area contributed by atoms with Crippen molar-refractivity contribution in [2.75, 3.05) is 6.61 Å². The van der Waals surface area contributed by atoms with Gasteiger partial charge in [-0.25, -0.2) is 4.68 Å². The lowest BCUT2D eigenvalue weighted by atomic mass is 10.2. The molecule has 3 aromatic rings. The summed E-state index contributed by atoms with van der Waals surface area (Å²) >= 11 is 1.62. The van der Waals surface area contributed by atoms with Gasteiger partial charge >= 0.3 is 0 Å². The fraction of sp³-hybridized carbons (Fsp3) is 0.250. The van der Waals surface area contributed by atoms with Gasteiger partial charge in [0.1, 0.15) is 17.1 Å². The van der Waals surface area contributed by atoms with Crippen molar-refractivity contribution in [3.63, 3.8) is 0 Å². The summed E-state index contributed by atoms with van der Waals surface area (Å²) in [6, 6.07) is 13.7. The molecular weight excluding hydrogens is 298 g/mol. The molecule has 0 radical (unpaired) electrons. The molecule has 0 amide bonds. The zero-order valence-electron chi connectivity index (χ0n) is 12.1. The number of nitrogens with zero attached hydrogens (tertiary/aromatic N) is 3. The smallest absolute Gasteiger partial charge is 0.119 e. The van der Waals surface area contributed by atoms with Crippen molar-refractivity contribution in [3.8, 4) is 16.3 Å². The highest BCUT2D eigenvalue weighted by molar-refractivity contribution is 7.13. The summed E-state index contributed by atoms with van der Waals surface area (Å²) in [5.74, 6) is 0.871. The van der Waals surface area contributed by atoms with Gasteiger partial charge in [-0.15, -0.1) is 16.4 Å². The van der Waals surface area contributed by atoms with Gasteiger partial charge in [-0.05, 0) is 23.6 Å². The van der Waals surface area contributed by atoms with Gasteiger partial charge in [-0.2, -0.15) is 0 Å². The monoisotopic (exact) mass is 315 g/mol. The summed E-state index contributed by atoms with van der Waals surface area (Å²) < 4.78 is 7.52. The van der Waals surface area contributed by atoms with E-state index in [1.54, 1.807) is 11.3 Å². The highest BCUT2D eigenvalue weighted by Gasteiger charge is 2.14. The third-order valence-corrected chi connectivity index (χ3v) is 4.11. The van der Waals surface area contributed by atoms with Crippen LogP contribution in [0, 0.1) is 0 Å². The minimum atomic E-state index is -0.103. The summed E-state index contributed by atoms with van der Waals surface area (Å²) in [5.41, 5.74) is 1.52. The molecule has 2 aromatic heterocycles. The van der Waals surface area contributed by atoms with Crippen LogP contribution in [0.25, 0.3) is 10.6 Å². The molecule has 0 aliphatic rings. The van der Waals surface area contributed by atoms with E-state index in [4.69, 9.17) is 4.74 Å². The first-order valence-corrected chi connectivity index (χ1v) is 8.01. The fourth-order valence-corrected chi connectivity index (χ4v) is 3.01. The van der Waals surface area contributed by atoms with Gasteiger partial charge < -0.3 is 9.84 Å². The Morgan fingerprint density at radius 3 is 2.73 bits per heavy atom. The number of ether oxygens (including phenoxy) is 1. The first-order chi connectivity index (χ1) is 10.9. The first kappa shape index (κ1) is 14.7. The molecular formula is C16H17N3O2S. The largest absolute Gasteiger partial charge is 0.494 e. The standard InChI is InChI=1S/C16H17N3O2S/c20-12-14-16(15-8-4-11-22-15)19(18-17-14)9-5-10-21-13-6-2-1-3-7-13/h1-4,6-8,11,20H,5,9-10,12H2. The topological polar surface area (TPSA) is 60.2 Å². The van der Waals surface area contributed by atoms with Crippen LogP contribution < -0.4 is 4.74 Å². The molecule has 5 nitrogen and oxygen atoms in total. The van der Waals surface area contributed by atoms with Crippen LogP contribution >= 0.6 is 11.3 Å². The quantitative estimate of drug-likeness (QED) is 0.681. The van der Waals surface area contributed by atoms with E-state index in [0.717, 1.165) is 22.7 Å². The van der Waals surface area contributed by atoms with Gasteiger partial charge in [0.2, 0.25) is 0 Å². The molecule has 2 heterocycles. The lowest BCUT2D eigenvalue weighted by Crippen LogP contribution is -2.07. The number of benzene rings is 1. The number of rotatable bonds is 7. The Hall–Kier alpha value is -2.18. The summed E-state index contributed by atoms with van der Waals surface area (Å²) in [6.07, 6.45) is 0.821. The first-order valence-electron chi connectivity index (χ1n) is 7.13. The third kappa shape index (κ3) is 3.35. The van der Waals surface area contributed by atoms with Crippen LogP contribution in [-0.2, 0) is 13.2 Å². The number of aryl methyl sites for hydroxylation is 1. The maximum absolute atomic E-state index is 9.41. The zero-order chi connectivity index (χ0) is 15.2. The lowest BCUT2D eigenvalue weighted by molar-refractivity contribution is 0.277. The van der Waals surface area contributed by atoms with Gasteiger partial charge in [0.15, 0.2) is 0 Å². The molecule has 0 atom stereocenters. The summed E-state index contributed by atoms with van der Waals surface area (Å²) in [7, 11) is 0. The Morgan fingerprint density at radius 2 is 2.00 bits per heavy atom. The molecule has 0 spiro atoms. The molecule has 0 saturated heterocycles. The SMILES string of the molecule is OCc1nnn(CCCOc2ccccc2)c1-c1cccs1. The van der Waals surface area contributed by atoms with E-state index in [1.807, 2.05) is 52.5 Å². The Kier molecular flexibility index (Phi) is 4.82. The van der Waals surface area contributed by atoms with Crippen molar-refractivity contribution in [2.45, 2.75) is 19.6 Å². The van der Waals surface area contributed by atoms with Crippen molar-refractivity contribution in [1.29, 1.82) is 0 Å². The molecule has 1 aromatic carbocycles. The maximum atomic E-state index is 9.41. The molecule has 0 fully saturated rings. The number of aromatic nitrogens is 3. The Morgan fingerprint density at radius 1 is 1.14 bits per heavy atom. The third-order valence-electron chi connectivity index (χ3n) is 3.24. The van der Waals surface area contributed by atoms with Crippen molar-refractivity contribution in [2.24, 2.45) is 0 Å². The van der Waals surface area contributed by atoms with Crippen LogP contribution in [0.2, 0.25) is 0 Å². The highest BCUT2D eigenvalue weighted by atomic mass is 32.1.